The number of carbonyl (C=O) groups is 2. The van der Waals surface area contributed by atoms with Gasteiger partial charge in [-0.1, -0.05) is 11.3 Å². The molecule has 8 heteroatoms. The number of carbonyl (C=O) groups excluding carboxylic acids is 2. The van der Waals surface area contributed by atoms with Crippen molar-refractivity contribution in [1.82, 2.24) is 15.6 Å². The smallest absolute Gasteiger partial charge is 0.265 e. The predicted octanol–water partition coefficient (Wildman–Crippen LogP) is -0.367. The maximum Gasteiger partial charge on any atom is 0.265 e. The van der Waals surface area contributed by atoms with Crippen molar-refractivity contribution in [1.29, 1.82) is 0 Å². The van der Waals surface area contributed by atoms with Crippen LogP contribution in [0.25, 0.3) is 0 Å². The Hall–Kier alpha value is -1.83. The third kappa shape index (κ3) is 3.91. The van der Waals surface area contributed by atoms with E-state index in [9.17, 15) is 9.59 Å². The van der Waals surface area contributed by atoms with E-state index in [1.165, 1.54) is 18.3 Å². The van der Waals surface area contributed by atoms with Gasteiger partial charge in [0.1, 0.15) is 10.7 Å². The van der Waals surface area contributed by atoms with Gasteiger partial charge >= 0.3 is 0 Å². The van der Waals surface area contributed by atoms with Crippen LogP contribution < -0.4 is 21.7 Å². The Kier molecular flexibility index (Phi) is 4.70. The second kappa shape index (κ2) is 6.04. The Balaban J connectivity index is 2.46. The first-order valence-corrected chi connectivity index (χ1v) is 5.83. The van der Waals surface area contributed by atoms with Crippen molar-refractivity contribution in [2.24, 2.45) is 0 Å². The summed E-state index contributed by atoms with van der Waals surface area (Å²) in [6.07, 6.45) is 0. The number of nitrogens with two attached hydrogens (primary N) is 1. The second-order valence-electron chi connectivity index (χ2n) is 3.22. The molecule has 2 amide bonds. The zero-order valence-electron chi connectivity index (χ0n) is 9.66. The molecule has 1 rings (SSSR count). The summed E-state index contributed by atoms with van der Waals surface area (Å²) in [4.78, 5) is 26.6. The van der Waals surface area contributed by atoms with Gasteiger partial charge in [-0.2, -0.15) is 0 Å². The molecule has 5 N–H and O–H groups in total. The summed E-state index contributed by atoms with van der Waals surface area (Å²) < 4.78 is 0. The van der Waals surface area contributed by atoms with Gasteiger partial charge in [0.05, 0.1) is 0 Å². The molecule has 0 saturated heterocycles. The fourth-order valence-electron chi connectivity index (χ4n) is 1.10. The van der Waals surface area contributed by atoms with Crippen LogP contribution in [0.2, 0.25) is 0 Å². The minimum absolute atomic E-state index is 0.131. The molecule has 94 valence electrons. The third-order valence-corrected chi connectivity index (χ3v) is 2.95. The summed E-state index contributed by atoms with van der Waals surface area (Å²) >= 11 is 1.19. The zero-order valence-corrected chi connectivity index (χ0v) is 10.5. The van der Waals surface area contributed by atoms with Crippen LogP contribution in [0.4, 0.5) is 10.9 Å². The third-order valence-electron chi connectivity index (χ3n) is 1.86. The molecule has 7 nitrogen and oxygen atoms in total. The topological polar surface area (TPSA) is 109 Å². The molecule has 0 aliphatic carbocycles. The average molecular weight is 257 g/mol. The van der Waals surface area contributed by atoms with Gasteiger partial charge in [-0.05, 0) is 0 Å². The van der Waals surface area contributed by atoms with Gasteiger partial charge < -0.3 is 21.7 Å². The molecule has 1 heterocycles. The number of hydrogen-bond donors (Lipinski definition) is 4. The lowest BCUT2D eigenvalue weighted by atomic mass is 10.4. The largest absolute Gasteiger partial charge is 0.382 e. The van der Waals surface area contributed by atoms with E-state index < -0.39 is 0 Å². The summed E-state index contributed by atoms with van der Waals surface area (Å²) in [7, 11) is 1.71. The summed E-state index contributed by atoms with van der Waals surface area (Å²) in [5, 5.41) is 8.62. The molecule has 0 saturated carbocycles. The van der Waals surface area contributed by atoms with Crippen LogP contribution in [0.15, 0.2) is 0 Å². The number of aromatic nitrogens is 1. The van der Waals surface area contributed by atoms with E-state index in [0.29, 0.717) is 23.1 Å². The molecule has 0 aliphatic heterocycles. The Bertz CT molecular complexity index is 418. The van der Waals surface area contributed by atoms with Crippen LogP contribution in [-0.4, -0.2) is 36.9 Å². The monoisotopic (exact) mass is 257 g/mol. The molecule has 17 heavy (non-hydrogen) atoms. The Morgan fingerprint density at radius 1 is 1.35 bits per heavy atom. The normalized spacial score (nSPS) is 9.76. The molecule has 0 bridgehead atoms. The van der Waals surface area contributed by atoms with E-state index in [2.05, 4.69) is 20.9 Å². The molecule has 0 unspecified atom stereocenters. The predicted molar refractivity (Wildman–Crippen MR) is 67.1 cm³/mol. The maximum atomic E-state index is 11.7. The highest BCUT2D eigenvalue weighted by atomic mass is 32.1. The number of rotatable bonds is 5. The van der Waals surface area contributed by atoms with Crippen LogP contribution in [0, 0.1) is 0 Å². The van der Waals surface area contributed by atoms with E-state index in [-0.39, 0.29) is 17.6 Å². The molecule has 0 fully saturated rings. The SMILES string of the molecule is CNc1nc(N)c(C(=O)NCCNC(C)=O)s1. The van der Waals surface area contributed by atoms with E-state index in [0.717, 1.165) is 0 Å². The Morgan fingerprint density at radius 3 is 2.53 bits per heavy atom. The first kappa shape index (κ1) is 13.2. The van der Waals surface area contributed by atoms with Crippen molar-refractivity contribution in [2.75, 3.05) is 31.2 Å². The van der Waals surface area contributed by atoms with Gasteiger partial charge in [0.2, 0.25) is 5.91 Å². The van der Waals surface area contributed by atoms with E-state index in [1.54, 1.807) is 7.05 Å². The highest BCUT2D eigenvalue weighted by molar-refractivity contribution is 7.18. The van der Waals surface area contributed by atoms with Crippen molar-refractivity contribution in [2.45, 2.75) is 6.92 Å². The van der Waals surface area contributed by atoms with E-state index in [4.69, 9.17) is 5.73 Å². The number of nitrogens with one attached hydrogen (secondary N) is 3. The number of amides is 2. The Morgan fingerprint density at radius 2 is 2.00 bits per heavy atom. The minimum Gasteiger partial charge on any atom is -0.382 e. The number of anilines is 2. The highest BCUT2D eigenvalue weighted by Gasteiger charge is 2.14. The standard InChI is InChI=1S/C9H15N5O2S/c1-5(15)12-3-4-13-8(16)6-7(10)14-9(11-2)17-6/h3-4,10H2,1-2H3,(H,11,14)(H,12,15)(H,13,16). The summed E-state index contributed by atoms with van der Waals surface area (Å²) in [6.45, 7) is 2.16. The van der Waals surface area contributed by atoms with Crippen LogP contribution in [-0.2, 0) is 4.79 Å². The summed E-state index contributed by atoms with van der Waals surface area (Å²) in [5.41, 5.74) is 5.60. The summed E-state index contributed by atoms with van der Waals surface area (Å²) in [5.74, 6) is -0.211. The van der Waals surface area contributed by atoms with E-state index >= 15 is 0 Å². The lowest BCUT2D eigenvalue weighted by Crippen LogP contribution is -2.33. The zero-order chi connectivity index (χ0) is 12.8. The first-order valence-electron chi connectivity index (χ1n) is 5.01. The molecule has 0 atom stereocenters. The van der Waals surface area contributed by atoms with Gasteiger partial charge in [-0.15, -0.1) is 0 Å². The van der Waals surface area contributed by atoms with Crippen LogP contribution in [0.1, 0.15) is 16.6 Å². The number of nitrogen functional groups attached to an aromatic ring is 1. The Labute approximate surface area is 103 Å². The van der Waals surface area contributed by atoms with Gasteiger partial charge in [-0.25, -0.2) is 4.98 Å². The second-order valence-corrected chi connectivity index (χ2v) is 4.22. The first-order chi connectivity index (χ1) is 8.04. The molecule has 0 spiro atoms. The molecule has 0 aromatic carbocycles. The molecule has 0 aliphatic rings. The number of thiazole rings is 1. The molecule has 1 aromatic rings. The van der Waals surface area contributed by atoms with Crippen LogP contribution in [0.5, 0.6) is 0 Å². The average Bonchev–Trinajstić information content (AvgIpc) is 2.65. The van der Waals surface area contributed by atoms with Crippen molar-refractivity contribution in [3.8, 4) is 0 Å². The van der Waals surface area contributed by atoms with Gasteiger partial charge in [0.15, 0.2) is 5.13 Å². The molecular weight excluding hydrogens is 242 g/mol. The maximum absolute atomic E-state index is 11.7. The lowest BCUT2D eigenvalue weighted by Gasteiger charge is -2.04. The molecule has 1 aromatic heterocycles. The molecule has 0 radical (unpaired) electrons. The summed E-state index contributed by atoms with van der Waals surface area (Å²) in [6, 6.07) is 0. The van der Waals surface area contributed by atoms with E-state index in [1.807, 2.05) is 0 Å². The van der Waals surface area contributed by atoms with Crippen LogP contribution >= 0.6 is 11.3 Å². The van der Waals surface area contributed by atoms with Crippen LogP contribution in [0.3, 0.4) is 0 Å². The van der Waals surface area contributed by atoms with Gasteiger partial charge in [-0.3, -0.25) is 9.59 Å². The van der Waals surface area contributed by atoms with Crippen molar-refractivity contribution >= 4 is 34.1 Å². The van der Waals surface area contributed by atoms with Crippen molar-refractivity contribution in [3.05, 3.63) is 4.88 Å². The van der Waals surface area contributed by atoms with Gasteiger partial charge in [0, 0.05) is 27.1 Å². The fraction of sp³-hybridized carbons (Fsp3) is 0.444. The number of hydrogen-bond acceptors (Lipinski definition) is 6. The minimum atomic E-state index is -0.285. The lowest BCUT2D eigenvalue weighted by molar-refractivity contribution is -0.118. The highest BCUT2D eigenvalue weighted by Crippen LogP contribution is 2.23. The quantitative estimate of drug-likeness (QED) is 0.538. The number of nitrogens with zero attached hydrogens (tertiary/aromatic N) is 1. The fourth-order valence-corrected chi connectivity index (χ4v) is 1.85. The van der Waals surface area contributed by atoms with Crippen molar-refractivity contribution < 1.29 is 9.59 Å². The molecular formula is C9H15N5O2S. The van der Waals surface area contributed by atoms with Gasteiger partial charge in [0.25, 0.3) is 5.91 Å². The van der Waals surface area contributed by atoms with Crippen molar-refractivity contribution in [3.63, 3.8) is 0 Å².